The zero-order valence-corrected chi connectivity index (χ0v) is 11.8. The average molecular weight is 265 g/mol. The van der Waals surface area contributed by atoms with Crippen molar-refractivity contribution in [3.8, 4) is 0 Å². The van der Waals surface area contributed by atoms with Crippen LogP contribution in [-0.2, 0) is 4.74 Å². The highest BCUT2D eigenvalue weighted by molar-refractivity contribution is 5.43. The number of hydrogen-bond acceptors (Lipinski definition) is 6. The molecule has 0 atom stereocenters. The number of rotatable bonds is 5. The first kappa shape index (κ1) is 14.0. The molecule has 2 N–H and O–H groups in total. The van der Waals surface area contributed by atoms with E-state index < -0.39 is 0 Å². The van der Waals surface area contributed by atoms with Crippen molar-refractivity contribution in [3.05, 3.63) is 11.8 Å². The Labute approximate surface area is 114 Å². The van der Waals surface area contributed by atoms with Crippen molar-refractivity contribution in [2.45, 2.75) is 13.3 Å². The van der Waals surface area contributed by atoms with Gasteiger partial charge in [-0.05, 0) is 13.3 Å². The predicted octanol–water partition coefficient (Wildman–Crippen LogP) is 0.526. The van der Waals surface area contributed by atoms with Crippen molar-refractivity contribution in [1.82, 2.24) is 14.9 Å². The zero-order chi connectivity index (χ0) is 13.7. The molecule has 0 spiro atoms. The molecule has 0 aromatic carbocycles. The summed E-state index contributed by atoms with van der Waals surface area (Å²) in [5.74, 6) is 1.30. The molecule has 19 heavy (non-hydrogen) atoms. The van der Waals surface area contributed by atoms with E-state index in [9.17, 15) is 0 Å². The number of nitrogens with zero attached hydrogens (tertiary/aromatic N) is 4. The van der Waals surface area contributed by atoms with Crippen LogP contribution in [0.3, 0.4) is 0 Å². The molecule has 0 saturated carbocycles. The molecule has 2 heterocycles. The van der Waals surface area contributed by atoms with E-state index >= 15 is 0 Å². The van der Waals surface area contributed by atoms with Gasteiger partial charge in [-0.15, -0.1) is 0 Å². The van der Waals surface area contributed by atoms with Crippen molar-refractivity contribution >= 4 is 11.8 Å². The van der Waals surface area contributed by atoms with Crippen molar-refractivity contribution < 1.29 is 4.74 Å². The first-order chi connectivity index (χ1) is 9.19. The molecule has 2 rings (SSSR count). The molecule has 1 saturated heterocycles. The number of piperazine rings is 1. The van der Waals surface area contributed by atoms with E-state index in [0.29, 0.717) is 5.95 Å². The summed E-state index contributed by atoms with van der Waals surface area (Å²) >= 11 is 0. The van der Waals surface area contributed by atoms with E-state index in [1.54, 1.807) is 7.11 Å². The average Bonchev–Trinajstić information content (AvgIpc) is 2.39. The lowest BCUT2D eigenvalue weighted by molar-refractivity contribution is 0.169. The molecule has 6 heteroatoms. The minimum absolute atomic E-state index is 0.359. The van der Waals surface area contributed by atoms with Gasteiger partial charge in [0, 0.05) is 58.2 Å². The largest absolute Gasteiger partial charge is 0.385 e. The Balaban J connectivity index is 1.85. The number of nitrogens with two attached hydrogens (primary N) is 1. The molecule has 1 aliphatic heterocycles. The first-order valence-corrected chi connectivity index (χ1v) is 6.76. The minimum Gasteiger partial charge on any atom is -0.385 e. The summed E-state index contributed by atoms with van der Waals surface area (Å²) in [5.41, 5.74) is 6.62. The topological polar surface area (TPSA) is 67.5 Å². The van der Waals surface area contributed by atoms with Crippen LogP contribution in [0.15, 0.2) is 6.07 Å². The Morgan fingerprint density at radius 3 is 2.63 bits per heavy atom. The molecule has 6 nitrogen and oxygen atoms in total. The standard InChI is InChI=1S/C13H23N5O/c1-11-10-12(16-13(14)15-11)18-7-5-17(6-8-18)4-3-9-19-2/h10H,3-9H2,1-2H3,(H2,14,15,16). The van der Waals surface area contributed by atoms with Crippen LogP contribution in [0, 0.1) is 6.92 Å². The number of aromatic nitrogens is 2. The fraction of sp³-hybridized carbons (Fsp3) is 0.692. The van der Waals surface area contributed by atoms with Crippen LogP contribution in [0.4, 0.5) is 11.8 Å². The Morgan fingerprint density at radius 1 is 1.26 bits per heavy atom. The fourth-order valence-electron chi connectivity index (χ4n) is 2.37. The zero-order valence-electron chi connectivity index (χ0n) is 11.8. The Kier molecular flexibility index (Phi) is 4.93. The predicted molar refractivity (Wildman–Crippen MR) is 76.3 cm³/mol. The Bertz CT molecular complexity index is 384. The van der Waals surface area contributed by atoms with Gasteiger partial charge >= 0.3 is 0 Å². The second-order valence-electron chi connectivity index (χ2n) is 4.90. The maximum Gasteiger partial charge on any atom is 0.222 e. The summed E-state index contributed by atoms with van der Waals surface area (Å²) in [7, 11) is 1.75. The molecule has 1 aliphatic rings. The second kappa shape index (κ2) is 6.68. The van der Waals surface area contributed by atoms with Gasteiger partial charge in [0.2, 0.25) is 5.95 Å². The highest BCUT2D eigenvalue weighted by Crippen LogP contribution is 2.15. The third-order valence-electron chi connectivity index (χ3n) is 3.38. The first-order valence-electron chi connectivity index (χ1n) is 6.76. The van der Waals surface area contributed by atoms with E-state index in [1.165, 1.54) is 0 Å². The number of ether oxygens (including phenoxy) is 1. The van der Waals surface area contributed by atoms with Gasteiger partial charge in [0.15, 0.2) is 0 Å². The van der Waals surface area contributed by atoms with Gasteiger partial charge in [-0.25, -0.2) is 4.98 Å². The lowest BCUT2D eigenvalue weighted by atomic mass is 10.3. The Hall–Kier alpha value is -1.40. The van der Waals surface area contributed by atoms with Crippen LogP contribution < -0.4 is 10.6 Å². The van der Waals surface area contributed by atoms with Crippen molar-refractivity contribution in [2.75, 3.05) is 57.1 Å². The van der Waals surface area contributed by atoms with Crippen LogP contribution in [-0.4, -0.2) is 61.3 Å². The van der Waals surface area contributed by atoms with Crippen LogP contribution in [0.2, 0.25) is 0 Å². The van der Waals surface area contributed by atoms with E-state index in [1.807, 2.05) is 13.0 Å². The lowest BCUT2D eigenvalue weighted by Crippen LogP contribution is -2.47. The molecule has 0 unspecified atom stereocenters. The number of nitrogen functional groups attached to an aromatic ring is 1. The molecule has 106 valence electrons. The molecule has 0 bridgehead atoms. The normalized spacial score (nSPS) is 16.8. The third-order valence-corrected chi connectivity index (χ3v) is 3.38. The van der Waals surface area contributed by atoms with Gasteiger partial charge in [0.1, 0.15) is 5.82 Å². The maximum absolute atomic E-state index is 5.70. The smallest absolute Gasteiger partial charge is 0.222 e. The summed E-state index contributed by atoms with van der Waals surface area (Å²) in [4.78, 5) is 13.2. The van der Waals surface area contributed by atoms with Crippen LogP contribution in [0.1, 0.15) is 12.1 Å². The lowest BCUT2D eigenvalue weighted by Gasteiger charge is -2.35. The van der Waals surface area contributed by atoms with Gasteiger partial charge < -0.3 is 15.4 Å². The van der Waals surface area contributed by atoms with E-state index in [-0.39, 0.29) is 0 Å². The number of methoxy groups -OCH3 is 1. The molecular weight excluding hydrogens is 242 g/mol. The number of anilines is 2. The summed E-state index contributed by atoms with van der Waals surface area (Å²) < 4.78 is 5.08. The molecule has 1 aromatic rings. The highest BCUT2D eigenvalue weighted by atomic mass is 16.5. The molecule has 0 radical (unpaired) electrons. The SMILES string of the molecule is COCCCN1CCN(c2cc(C)nc(N)n2)CC1. The van der Waals surface area contributed by atoms with Gasteiger partial charge in [-0.3, -0.25) is 4.90 Å². The highest BCUT2D eigenvalue weighted by Gasteiger charge is 2.18. The monoisotopic (exact) mass is 265 g/mol. The van der Waals surface area contributed by atoms with Gasteiger partial charge in [0.05, 0.1) is 0 Å². The number of aryl methyl sites for hydroxylation is 1. The van der Waals surface area contributed by atoms with Gasteiger partial charge in [-0.1, -0.05) is 0 Å². The van der Waals surface area contributed by atoms with E-state index in [2.05, 4.69) is 19.8 Å². The second-order valence-corrected chi connectivity index (χ2v) is 4.90. The van der Waals surface area contributed by atoms with Crippen LogP contribution >= 0.6 is 0 Å². The summed E-state index contributed by atoms with van der Waals surface area (Å²) in [6.45, 7) is 7.99. The van der Waals surface area contributed by atoms with Crippen LogP contribution in [0.25, 0.3) is 0 Å². The van der Waals surface area contributed by atoms with E-state index in [0.717, 1.165) is 57.3 Å². The quantitative estimate of drug-likeness (QED) is 0.783. The van der Waals surface area contributed by atoms with Crippen LogP contribution in [0.5, 0.6) is 0 Å². The third kappa shape index (κ3) is 4.04. The molecule has 0 amide bonds. The molecule has 1 aromatic heterocycles. The number of hydrogen-bond donors (Lipinski definition) is 1. The van der Waals surface area contributed by atoms with Gasteiger partial charge in [0.25, 0.3) is 0 Å². The van der Waals surface area contributed by atoms with Gasteiger partial charge in [-0.2, -0.15) is 4.98 Å². The van der Waals surface area contributed by atoms with Crippen molar-refractivity contribution in [2.24, 2.45) is 0 Å². The fourth-order valence-corrected chi connectivity index (χ4v) is 2.37. The summed E-state index contributed by atoms with van der Waals surface area (Å²) in [6, 6.07) is 2.00. The minimum atomic E-state index is 0.359. The van der Waals surface area contributed by atoms with Crippen molar-refractivity contribution in [3.63, 3.8) is 0 Å². The maximum atomic E-state index is 5.70. The molecule has 0 aliphatic carbocycles. The van der Waals surface area contributed by atoms with E-state index in [4.69, 9.17) is 10.5 Å². The molecular formula is C13H23N5O. The summed E-state index contributed by atoms with van der Waals surface area (Å²) in [6.07, 6.45) is 1.09. The summed E-state index contributed by atoms with van der Waals surface area (Å²) in [5, 5.41) is 0. The molecule has 1 fully saturated rings. The van der Waals surface area contributed by atoms with Crippen molar-refractivity contribution in [1.29, 1.82) is 0 Å². The Morgan fingerprint density at radius 2 is 2.00 bits per heavy atom.